The lowest BCUT2D eigenvalue weighted by Gasteiger charge is -2.08. The Hall–Kier alpha value is -2.34. The van der Waals surface area contributed by atoms with Crippen LogP contribution in [0.4, 0.5) is 14.5 Å². The van der Waals surface area contributed by atoms with Gasteiger partial charge in [-0.2, -0.15) is 8.78 Å². The van der Waals surface area contributed by atoms with Crippen LogP contribution in [0.25, 0.3) is 0 Å². The van der Waals surface area contributed by atoms with E-state index >= 15 is 0 Å². The SMILES string of the molecule is O=C(Nc1ccc(O)cc1Cl)c1ccc(OC(F)F)cc1. The highest BCUT2D eigenvalue weighted by atomic mass is 35.5. The zero-order valence-electron chi connectivity index (χ0n) is 10.5. The summed E-state index contributed by atoms with van der Waals surface area (Å²) in [6.07, 6.45) is 0. The standard InChI is InChI=1S/C14H10ClF2NO3/c15-11-7-9(19)3-6-12(11)18-13(20)8-1-4-10(5-2-8)21-14(16)17/h1-7,14,19H,(H,18,20). The number of rotatable bonds is 4. The minimum Gasteiger partial charge on any atom is -0.508 e. The molecule has 1 amide bonds. The van der Waals surface area contributed by atoms with E-state index in [2.05, 4.69) is 10.1 Å². The predicted molar refractivity (Wildman–Crippen MR) is 74.1 cm³/mol. The van der Waals surface area contributed by atoms with Gasteiger partial charge in [-0.1, -0.05) is 11.6 Å². The van der Waals surface area contributed by atoms with Gasteiger partial charge < -0.3 is 15.2 Å². The van der Waals surface area contributed by atoms with E-state index in [0.717, 1.165) is 0 Å². The first-order chi connectivity index (χ1) is 9.95. The van der Waals surface area contributed by atoms with Crippen LogP contribution >= 0.6 is 11.6 Å². The Morgan fingerprint density at radius 1 is 1.19 bits per heavy atom. The number of carbonyl (C=O) groups is 1. The van der Waals surface area contributed by atoms with Gasteiger partial charge >= 0.3 is 6.61 Å². The second kappa shape index (κ2) is 6.41. The van der Waals surface area contributed by atoms with Gasteiger partial charge in [0.25, 0.3) is 5.91 Å². The topological polar surface area (TPSA) is 58.6 Å². The summed E-state index contributed by atoms with van der Waals surface area (Å²) in [5, 5.41) is 11.9. The van der Waals surface area contributed by atoms with E-state index in [1.54, 1.807) is 0 Å². The van der Waals surface area contributed by atoms with E-state index in [0.29, 0.717) is 5.69 Å². The van der Waals surface area contributed by atoms with Crippen molar-refractivity contribution in [2.45, 2.75) is 6.61 Å². The Morgan fingerprint density at radius 2 is 1.86 bits per heavy atom. The van der Waals surface area contributed by atoms with Crippen LogP contribution in [0.2, 0.25) is 5.02 Å². The van der Waals surface area contributed by atoms with E-state index in [9.17, 15) is 18.7 Å². The molecule has 0 atom stereocenters. The molecule has 2 N–H and O–H groups in total. The smallest absolute Gasteiger partial charge is 0.387 e. The summed E-state index contributed by atoms with van der Waals surface area (Å²) in [4.78, 5) is 12.0. The molecule has 2 aromatic carbocycles. The Kier molecular flexibility index (Phi) is 4.59. The highest BCUT2D eigenvalue weighted by molar-refractivity contribution is 6.34. The van der Waals surface area contributed by atoms with Crippen LogP contribution in [0.3, 0.4) is 0 Å². The molecule has 2 rings (SSSR count). The number of phenols is 1. The van der Waals surface area contributed by atoms with Crippen molar-refractivity contribution in [1.82, 2.24) is 0 Å². The average Bonchev–Trinajstić information content (AvgIpc) is 2.42. The molecule has 0 spiro atoms. The second-order valence-electron chi connectivity index (χ2n) is 4.02. The van der Waals surface area contributed by atoms with Gasteiger partial charge in [-0.25, -0.2) is 0 Å². The first-order valence-electron chi connectivity index (χ1n) is 5.80. The van der Waals surface area contributed by atoms with Crippen molar-refractivity contribution in [3.63, 3.8) is 0 Å². The molecule has 0 aliphatic carbocycles. The van der Waals surface area contributed by atoms with Gasteiger partial charge in [0, 0.05) is 11.6 Å². The number of anilines is 1. The van der Waals surface area contributed by atoms with E-state index in [4.69, 9.17) is 11.6 Å². The normalized spacial score (nSPS) is 10.5. The summed E-state index contributed by atoms with van der Waals surface area (Å²) in [5.74, 6) is -0.526. The molecular weight excluding hydrogens is 304 g/mol. The fourth-order valence-corrected chi connectivity index (χ4v) is 1.81. The van der Waals surface area contributed by atoms with Crippen molar-refractivity contribution in [2.24, 2.45) is 0 Å². The molecule has 4 nitrogen and oxygen atoms in total. The summed E-state index contributed by atoms with van der Waals surface area (Å²) in [6.45, 7) is -2.92. The number of phenolic OH excluding ortho intramolecular Hbond substituents is 1. The van der Waals surface area contributed by atoms with Crippen molar-refractivity contribution in [1.29, 1.82) is 0 Å². The van der Waals surface area contributed by atoms with Gasteiger partial charge in [0.05, 0.1) is 10.7 Å². The van der Waals surface area contributed by atoms with Gasteiger partial charge in [-0.05, 0) is 36.4 Å². The third-order valence-electron chi connectivity index (χ3n) is 2.54. The predicted octanol–water partition coefficient (Wildman–Crippen LogP) is 3.90. The minimum absolute atomic E-state index is 0.0218. The number of benzene rings is 2. The summed E-state index contributed by atoms with van der Waals surface area (Å²) in [7, 11) is 0. The number of halogens is 3. The summed E-state index contributed by atoms with van der Waals surface area (Å²) in [5.41, 5.74) is 0.577. The Morgan fingerprint density at radius 3 is 2.43 bits per heavy atom. The number of amides is 1. The molecule has 0 aromatic heterocycles. The maximum absolute atomic E-state index is 12.0. The summed E-state index contributed by atoms with van der Waals surface area (Å²) < 4.78 is 28.2. The zero-order valence-corrected chi connectivity index (χ0v) is 11.3. The van der Waals surface area contributed by atoms with E-state index in [-0.39, 0.29) is 22.1 Å². The van der Waals surface area contributed by atoms with Crippen LogP contribution in [0, 0.1) is 0 Å². The van der Waals surface area contributed by atoms with Crippen LogP contribution in [-0.2, 0) is 0 Å². The highest BCUT2D eigenvalue weighted by Gasteiger charge is 2.10. The maximum atomic E-state index is 12.0. The number of hydrogen-bond donors (Lipinski definition) is 2. The van der Waals surface area contributed by atoms with Crippen molar-refractivity contribution < 1.29 is 23.4 Å². The number of nitrogens with one attached hydrogen (secondary N) is 1. The quantitative estimate of drug-likeness (QED) is 0.842. The number of hydrogen-bond acceptors (Lipinski definition) is 3. The molecule has 0 heterocycles. The molecule has 0 saturated carbocycles. The highest BCUT2D eigenvalue weighted by Crippen LogP contribution is 2.26. The monoisotopic (exact) mass is 313 g/mol. The first kappa shape index (κ1) is 15.1. The molecule has 0 radical (unpaired) electrons. The fourth-order valence-electron chi connectivity index (χ4n) is 1.59. The third kappa shape index (κ3) is 4.06. The number of aromatic hydroxyl groups is 1. The van der Waals surface area contributed by atoms with Crippen LogP contribution in [0.5, 0.6) is 11.5 Å². The Balaban J connectivity index is 2.09. The molecule has 2 aromatic rings. The van der Waals surface area contributed by atoms with Crippen molar-refractivity contribution >= 4 is 23.2 Å². The molecule has 21 heavy (non-hydrogen) atoms. The zero-order chi connectivity index (χ0) is 15.4. The van der Waals surface area contributed by atoms with Gasteiger partial charge in [-0.15, -0.1) is 0 Å². The van der Waals surface area contributed by atoms with E-state index in [1.807, 2.05) is 0 Å². The largest absolute Gasteiger partial charge is 0.508 e. The Bertz CT molecular complexity index is 647. The molecular formula is C14H10ClF2NO3. The average molecular weight is 314 g/mol. The van der Waals surface area contributed by atoms with Crippen LogP contribution < -0.4 is 10.1 Å². The van der Waals surface area contributed by atoms with Crippen LogP contribution in [-0.4, -0.2) is 17.6 Å². The molecule has 110 valence electrons. The van der Waals surface area contributed by atoms with Gasteiger partial charge in [-0.3, -0.25) is 4.79 Å². The number of ether oxygens (including phenoxy) is 1. The lowest BCUT2D eigenvalue weighted by molar-refractivity contribution is -0.0498. The first-order valence-corrected chi connectivity index (χ1v) is 6.18. The minimum atomic E-state index is -2.92. The van der Waals surface area contributed by atoms with Gasteiger partial charge in [0.15, 0.2) is 0 Å². The molecule has 0 unspecified atom stereocenters. The van der Waals surface area contributed by atoms with Crippen LogP contribution in [0.1, 0.15) is 10.4 Å². The molecule has 0 saturated heterocycles. The lowest BCUT2D eigenvalue weighted by atomic mass is 10.2. The maximum Gasteiger partial charge on any atom is 0.387 e. The number of carbonyl (C=O) groups excluding carboxylic acids is 1. The second-order valence-corrected chi connectivity index (χ2v) is 4.43. The number of alkyl halides is 2. The molecule has 0 bridgehead atoms. The lowest BCUT2D eigenvalue weighted by Crippen LogP contribution is -2.12. The molecule has 0 aliphatic rings. The summed E-state index contributed by atoms with van der Waals surface area (Å²) in [6, 6.07) is 9.34. The van der Waals surface area contributed by atoms with E-state index in [1.165, 1.54) is 42.5 Å². The van der Waals surface area contributed by atoms with Crippen molar-refractivity contribution in [2.75, 3.05) is 5.32 Å². The Labute approximate surface area is 123 Å². The molecule has 0 aliphatic heterocycles. The van der Waals surface area contributed by atoms with Gasteiger partial charge in [0.2, 0.25) is 0 Å². The fraction of sp³-hybridized carbons (Fsp3) is 0.0714. The summed E-state index contributed by atoms with van der Waals surface area (Å²) >= 11 is 5.87. The van der Waals surface area contributed by atoms with Crippen LogP contribution in [0.15, 0.2) is 42.5 Å². The van der Waals surface area contributed by atoms with Crippen molar-refractivity contribution in [3.05, 3.63) is 53.1 Å². The molecule has 7 heteroatoms. The third-order valence-corrected chi connectivity index (χ3v) is 2.86. The van der Waals surface area contributed by atoms with E-state index < -0.39 is 12.5 Å². The van der Waals surface area contributed by atoms with Gasteiger partial charge in [0.1, 0.15) is 11.5 Å². The molecule has 0 fully saturated rings. The van der Waals surface area contributed by atoms with Crippen molar-refractivity contribution in [3.8, 4) is 11.5 Å².